The van der Waals surface area contributed by atoms with E-state index in [9.17, 15) is 45.6 Å². The molecule has 0 aromatic rings. The zero-order valence-corrected chi connectivity index (χ0v) is 47.6. The number of allylic oxidation sites excluding steroid dienone is 3. The van der Waals surface area contributed by atoms with Gasteiger partial charge in [-0.25, -0.2) is 0 Å². The van der Waals surface area contributed by atoms with E-state index in [1.54, 1.807) is 6.08 Å². The summed E-state index contributed by atoms with van der Waals surface area (Å²) < 4.78 is 22.7. The number of carbonyl (C=O) groups excluding carboxylic acids is 1. The molecule has 2 aliphatic heterocycles. The first kappa shape index (κ1) is 69.6. The van der Waals surface area contributed by atoms with Crippen molar-refractivity contribution < 1.29 is 64.6 Å². The molecular formula is C61H115NO13. The number of aliphatic hydroxyl groups is 8. The van der Waals surface area contributed by atoms with Gasteiger partial charge in [0.2, 0.25) is 5.91 Å². The van der Waals surface area contributed by atoms with E-state index in [1.165, 1.54) is 199 Å². The highest BCUT2D eigenvalue weighted by molar-refractivity contribution is 5.76. The fourth-order valence-electron chi connectivity index (χ4n) is 10.4. The van der Waals surface area contributed by atoms with Crippen LogP contribution in [-0.2, 0) is 23.7 Å². The van der Waals surface area contributed by atoms with E-state index in [2.05, 4.69) is 31.3 Å². The van der Waals surface area contributed by atoms with Crippen molar-refractivity contribution in [2.45, 2.75) is 338 Å². The zero-order chi connectivity index (χ0) is 54.6. The predicted molar refractivity (Wildman–Crippen MR) is 300 cm³/mol. The fourth-order valence-corrected chi connectivity index (χ4v) is 10.4. The summed E-state index contributed by atoms with van der Waals surface area (Å²) in [5, 5.41) is 87.0. The van der Waals surface area contributed by atoms with Crippen molar-refractivity contribution in [3.8, 4) is 0 Å². The molecule has 1 amide bonds. The summed E-state index contributed by atoms with van der Waals surface area (Å²) in [6.07, 6.45) is 39.6. The van der Waals surface area contributed by atoms with Crippen LogP contribution in [0.3, 0.4) is 0 Å². The molecule has 0 bridgehead atoms. The second-order valence-corrected chi connectivity index (χ2v) is 22.2. The second kappa shape index (κ2) is 47.3. The van der Waals surface area contributed by atoms with Crippen LogP contribution in [0, 0.1) is 0 Å². The second-order valence-electron chi connectivity index (χ2n) is 22.2. The van der Waals surface area contributed by atoms with E-state index in [0.29, 0.717) is 12.8 Å². The third kappa shape index (κ3) is 33.0. The SMILES string of the molecule is CCCCCCCCCCCCCCCCCCCCCCCCC/C=C/CC/C=C/C(O)C(COC1OC(CO)C(OC2OC(CO)C(O)C(O)C2O)C(O)C1O)NC(=O)CCCCCCCCCCCCCC. The number of hydrogen-bond donors (Lipinski definition) is 9. The van der Waals surface area contributed by atoms with Crippen molar-refractivity contribution >= 4 is 5.91 Å². The molecule has 2 rings (SSSR count). The normalized spacial score (nSPS) is 25.1. The molecule has 0 aliphatic carbocycles. The number of aliphatic hydroxyl groups excluding tert-OH is 8. The van der Waals surface area contributed by atoms with E-state index in [4.69, 9.17) is 18.9 Å². The van der Waals surface area contributed by atoms with Gasteiger partial charge in [0, 0.05) is 6.42 Å². The summed E-state index contributed by atoms with van der Waals surface area (Å²) in [4.78, 5) is 13.2. The van der Waals surface area contributed by atoms with Crippen LogP contribution in [0.4, 0.5) is 0 Å². The van der Waals surface area contributed by atoms with Crippen LogP contribution < -0.4 is 5.32 Å². The minimum atomic E-state index is -1.79. The van der Waals surface area contributed by atoms with Gasteiger partial charge >= 0.3 is 0 Å². The van der Waals surface area contributed by atoms with Gasteiger partial charge in [-0.1, -0.05) is 250 Å². The van der Waals surface area contributed by atoms with Crippen molar-refractivity contribution in [1.82, 2.24) is 5.32 Å². The Morgan fingerprint density at radius 1 is 0.467 bits per heavy atom. The zero-order valence-electron chi connectivity index (χ0n) is 47.6. The maximum absolute atomic E-state index is 13.2. The molecule has 0 saturated carbocycles. The Morgan fingerprint density at radius 3 is 1.31 bits per heavy atom. The highest BCUT2D eigenvalue weighted by atomic mass is 16.7. The lowest BCUT2D eigenvalue weighted by Gasteiger charge is -2.46. The Labute approximate surface area is 456 Å². The number of hydrogen-bond acceptors (Lipinski definition) is 13. The number of unbranched alkanes of at least 4 members (excludes halogenated alkanes) is 35. The molecule has 0 aromatic carbocycles. The molecule has 2 heterocycles. The Balaban J connectivity index is 1.70. The lowest BCUT2D eigenvalue weighted by molar-refractivity contribution is -0.359. The summed E-state index contributed by atoms with van der Waals surface area (Å²) in [5.74, 6) is -0.247. The maximum Gasteiger partial charge on any atom is 0.220 e. The Kier molecular flexibility index (Phi) is 43.9. The van der Waals surface area contributed by atoms with Crippen molar-refractivity contribution in [3.05, 3.63) is 24.3 Å². The molecule has 14 nitrogen and oxygen atoms in total. The molecule has 2 aliphatic rings. The lowest BCUT2D eigenvalue weighted by atomic mass is 9.97. The Morgan fingerprint density at radius 2 is 0.853 bits per heavy atom. The van der Waals surface area contributed by atoms with Gasteiger partial charge in [-0.3, -0.25) is 4.79 Å². The van der Waals surface area contributed by atoms with Crippen LogP contribution in [0.2, 0.25) is 0 Å². The van der Waals surface area contributed by atoms with Crippen molar-refractivity contribution in [2.24, 2.45) is 0 Å². The average molecular weight is 1070 g/mol. The minimum absolute atomic E-state index is 0.247. The van der Waals surface area contributed by atoms with Gasteiger partial charge in [-0.05, 0) is 32.1 Å². The van der Waals surface area contributed by atoms with Gasteiger partial charge in [0.05, 0.1) is 32.0 Å². The van der Waals surface area contributed by atoms with Crippen LogP contribution in [0.25, 0.3) is 0 Å². The van der Waals surface area contributed by atoms with Gasteiger partial charge in [-0.2, -0.15) is 0 Å². The van der Waals surface area contributed by atoms with Crippen LogP contribution in [0.15, 0.2) is 24.3 Å². The summed E-state index contributed by atoms with van der Waals surface area (Å²) in [6, 6.07) is -0.927. The number of nitrogens with one attached hydrogen (secondary N) is 1. The molecule has 0 spiro atoms. The number of carbonyl (C=O) groups is 1. The standard InChI is InChI=1S/C61H115NO13/c1-3-5-7-9-11-13-15-17-18-19-20-21-22-23-24-25-26-27-28-29-30-31-32-33-34-36-38-40-42-44-50(65)49(62-53(66)45-43-41-39-37-35-16-14-12-10-8-6-4-2)48-72-60-58(71)56(69)59(52(47-64)74-60)75-61-57(70)55(68)54(67)51(46-63)73-61/h34,36,42,44,49-52,54-61,63-65,67-71H,3-33,35,37-41,43,45-48H2,1-2H3,(H,62,66)/b36-34+,44-42+. The monoisotopic (exact) mass is 1070 g/mol. The summed E-state index contributed by atoms with van der Waals surface area (Å²) in [7, 11) is 0. The average Bonchev–Trinajstić information content (AvgIpc) is 3.41. The molecule has 442 valence electrons. The summed E-state index contributed by atoms with van der Waals surface area (Å²) >= 11 is 0. The first-order valence-corrected chi connectivity index (χ1v) is 31.1. The predicted octanol–water partition coefficient (Wildman–Crippen LogP) is 10.8. The highest BCUT2D eigenvalue weighted by Gasteiger charge is 2.51. The Bertz CT molecular complexity index is 1350. The lowest BCUT2D eigenvalue weighted by Crippen LogP contribution is -2.65. The fraction of sp³-hybridized carbons (Fsp3) is 0.918. The van der Waals surface area contributed by atoms with E-state index in [1.807, 2.05) is 6.08 Å². The smallest absolute Gasteiger partial charge is 0.220 e. The summed E-state index contributed by atoms with van der Waals surface area (Å²) in [5.41, 5.74) is 0. The molecule has 12 unspecified atom stereocenters. The molecular weight excluding hydrogens is 955 g/mol. The van der Waals surface area contributed by atoms with Crippen LogP contribution >= 0.6 is 0 Å². The van der Waals surface area contributed by atoms with E-state index >= 15 is 0 Å². The first-order valence-electron chi connectivity index (χ1n) is 31.1. The van der Waals surface area contributed by atoms with Gasteiger partial charge in [0.1, 0.15) is 48.8 Å². The molecule has 75 heavy (non-hydrogen) atoms. The van der Waals surface area contributed by atoms with E-state index < -0.39 is 86.8 Å². The summed E-state index contributed by atoms with van der Waals surface area (Å²) in [6.45, 7) is 2.79. The largest absolute Gasteiger partial charge is 0.394 e. The molecule has 14 heteroatoms. The molecule has 2 fully saturated rings. The molecule has 2 saturated heterocycles. The van der Waals surface area contributed by atoms with Gasteiger partial charge in [-0.15, -0.1) is 0 Å². The van der Waals surface area contributed by atoms with E-state index in [0.717, 1.165) is 32.1 Å². The van der Waals surface area contributed by atoms with Crippen molar-refractivity contribution in [2.75, 3.05) is 19.8 Å². The molecule has 0 radical (unpaired) electrons. The maximum atomic E-state index is 13.2. The quantitative estimate of drug-likeness (QED) is 0.0204. The van der Waals surface area contributed by atoms with Gasteiger partial charge in [0.25, 0.3) is 0 Å². The molecule has 9 N–H and O–H groups in total. The van der Waals surface area contributed by atoms with Crippen LogP contribution in [0.1, 0.15) is 264 Å². The number of rotatable bonds is 50. The van der Waals surface area contributed by atoms with E-state index in [-0.39, 0.29) is 18.9 Å². The minimum Gasteiger partial charge on any atom is -0.394 e. The van der Waals surface area contributed by atoms with Gasteiger partial charge < -0.3 is 65.1 Å². The van der Waals surface area contributed by atoms with Crippen LogP contribution in [0.5, 0.6) is 0 Å². The Hall–Kier alpha value is -1.53. The topological polar surface area (TPSA) is 228 Å². The van der Waals surface area contributed by atoms with Crippen molar-refractivity contribution in [3.63, 3.8) is 0 Å². The highest BCUT2D eigenvalue weighted by Crippen LogP contribution is 2.30. The molecule has 12 atom stereocenters. The third-order valence-corrected chi connectivity index (χ3v) is 15.4. The van der Waals surface area contributed by atoms with Crippen LogP contribution in [-0.4, -0.2) is 140 Å². The number of ether oxygens (including phenoxy) is 4. The molecule has 0 aromatic heterocycles. The van der Waals surface area contributed by atoms with Crippen molar-refractivity contribution in [1.29, 1.82) is 0 Å². The third-order valence-electron chi connectivity index (χ3n) is 15.4. The van der Waals surface area contributed by atoms with Gasteiger partial charge in [0.15, 0.2) is 12.6 Å². The number of amides is 1. The first-order chi connectivity index (χ1) is 36.6.